The molecule has 0 aliphatic rings. The molecule has 2 rings (SSSR count). The van der Waals surface area contributed by atoms with E-state index < -0.39 is 0 Å². The van der Waals surface area contributed by atoms with Crippen LogP contribution in [0.5, 0.6) is 5.75 Å². The Balaban J connectivity index is 2.08. The number of nitrogens with two attached hydrogens (primary N) is 1. The van der Waals surface area contributed by atoms with Gasteiger partial charge in [-0.25, -0.2) is 4.39 Å². The maximum atomic E-state index is 13.3. The molecule has 18 heavy (non-hydrogen) atoms. The second-order valence-electron chi connectivity index (χ2n) is 3.80. The van der Waals surface area contributed by atoms with Crippen LogP contribution in [0.3, 0.4) is 0 Å². The fourth-order valence-electron chi connectivity index (χ4n) is 1.56. The van der Waals surface area contributed by atoms with Crippen LogP contribution in [-0.2, 0) is 13.2 Å². The molecule has 3 nitrogen and oxygen atoms in total. The van der Waals surface area contributed by atoms with E-state index in [0.29, 0.717) is 17.3 Å². The summed E-state index contributed by atoms with van der Waals surface area (Å²) in [5, 5.41) is 0.495. The topological polar surface area (TPSA) is 48.1 Å². The lowest BCUT2D eigenvalue weighted by molar-refractivity contribution is 0.304. The lowest BCUT2D eigenvalue weighted by Gasteiger charge is -2.07. The van der Waals surface area contributed by atoms with E-state index in [1.54, 1.807) is 18.3 Å². The first-order valence-corrected chi connectivity index (χ1v) is 5.77. The van der Waals surface area contributed by atoms with Crippen molar-refractivity contribution in [2.45, 2.75) is 13.2 Å². The van der Waals surface area contributed by atoms with Gasteiger partial charge < -0.3 is 10.5 Å². The van der Waals surface area contributed by atoms with Crippen LogP contribution in [-0.4, -0.2) is 4.98 Å². The van der Waals surface area contributed by atoms with E-state index in [1.807, 2.05) is 0 Å². The summed E-state index contributed by atoms with van der Waals surface area (Å²) in [6, 6.07) is 6.28. The standard InChI is InChI=1S/C13H12ClFN2O/c14-11-4-13(7-17-6-11)18-8-10-1-9(5-16)2-12(15)3-10/h1-4,6-7H,5,8,16H2. The maximum Gasteiger partial charge on any atom is 0.139 e. The smallest absolute Gasteiger partial charge is 0.139 e. The molecule has 0 fully saturated rings. The van der Waals surface area contributed by atoms with Crippen molar-refractivity contribution in [2.24, 2.45) is 5.73 Å². The molecule has 0 saturated heterocycles. The van der Waals surface area contributed by atoms with Crippen LogP contribution in [0.25, 0.3) is 0 Å². The molecule has 1 heterocycles. The van der Waals surface area contributed by atoms with E-state index in [-0.39, 0.29) is 12.4 Å². The Morgan fingerprint density at radius 2 is 1.94 bits per heavy atom. The third-order valence-corrected chi connectivity index (χ3v) is 2.55. The third-order valence-electron chi connectivity index (χ3n) is 2.34. The van der Waals surface area contributed by atoms with Crippen molar-refractivity contribution < 1.29 is 9.13 Å². The number of pyridine rings is 1. The number of benzene rings is 1. The van der Waals surface area contributed by atoms with Gasteiger partial charge in [0.1, 0.15) is 18.2 Å². The molecule has 0 bridgehead atoms. The molecule has 0 amide bonds. The molecule has 94 valence electrons. The molecule has 0 aliphatic heterocycles. The highest BCUT2D eigenvalue weighted by atomic mass is 35.5. The molecule has 0 aliphatic carbocycles. The highest BCUT2D eigenvalue weighted by Crippen LogP contribution is 2.17. The molecular weight excluding hydrogens is 255 g/mol. The van der Waals surface area contributed by atoms with Crippen LogP contribution in [0.15, 0.2) is 36.7 Å². The lowest BCUT2D eigenvalue weighted by atomic mass is 10.1. The minimum Gasteiger partial charge on any atom is -0.487 e. The second kappa shape index (κ2) is 5.80. The van der Waals surface area contributed by atoms with E-state index in [2.05, 4.69) is 4.98 Å². The van der Waals surface area contributed by atoms with Crippen LogP contribution in [0, 0.1) is 5.82 Å². The number of halogens is 2. The SMILES string of the molecule is NCc1cc(F)cc(COc2cncc(Cl)c2)c1. The van der Waals surface area contributed by atoms with Crippen LogP contribution < -0.4 is 10.5 Å². The number of nitrogens with zero attached hydrogens (tertiary/aromatic N) is 1. The maximum absolute atomic E-state index is 13.3. The first-order valence-electron chi connectivity index (χ1n) is 5.39. The van der Waals surface area contributed by atoms with Gasteiger partial charge in [0.05, 0.1) is 11.2 Å². The molecule has 0 saturated carbocycles. The Labute approximate surface area is 109 Å². The highest BCUT2D eigenvalue weighted by Gasteiger charge is 2.02. The van der Waals surface area contributed by atoms with Crippen molar-refractivity contribution >= 4 is 11.6 Å². The summed E-state index contributed by atoms with van der Waals surface area (Å²) in [5.74, 6) is 0.224. The van der Waals surface area contributed by atoms with Crippen LogP contribution >= 0.6 is 11.6 Å². The van der Waals surface area contributed by atoms with E-state index >= 15 is 0 Å². The summed E-state index contributed by atoms with van der Waals surface area (Å²) < 4.78 is 18.7. The van der Waals surface area contributed by atoms with Crippen LogP contribution in [0.4, 0.5) is 4.39 Å². The van der Waals surface area contributed by atoms with Crippen molar-refractivity contribution in [1.82, 2.24) is 4.98 Å². The summed E-state index contributed by atoms with van der Waals surface area (Å²) in [6.07, 6.45) is 3.07. The summed E-state index contributed by atoms with van der Waals surface area (Å²) in [4.78, 5) is 3.90. The van der Waals surface area contributed by atoms with Gasteiger partial charge >= 0.3 is 0 Å². The van der Waals surface area contributed by atoms with Gasteiger partial charge in [-0.1, -0.05) is 17.7 Å². The van der Waals surface area contributed by atoms with E-state index in [9.17, 15) is 4.39 Å². The number of aromatic nitrogens is 1. The van der Waals surface area contributed by atoms with E-state index in [1.165, 1.54) is 18.3 Å². The number of ether oxygens (including phenoxy) is 1. The fourth-order valence-corrected chi connectivity index (χ4v) is 1.72. The van der Waals surface area contributed by atoms with Crippen molar-refractivity contribution in [3.05, 3.63) is 58.6 Å². The van der Waals surface area contributed by atoms with Crippen LogP contribution in [0.1, 0.15) is 11.1 Å². The minimum absolute atomic E-state index is 0.243. The van der Waals surface area contributed by atoms with Gasteiger partial charge in [-0.05, 0) is 23.3 Å². The molecule has 0 atom stereocenters. The molecule has 0 spiro atoms. The van der Waals surface area contributed by atoms with Gasteiger partial charge in [0.25, 0.3) is 0 Å². The fraction of sp³-hybridized carbons (Fsp3) is 0.154. The first kappa shape index (κ1) is 12.8. The number of hydrogen-bond donors (Lipinski definition) is 1. The Kier molecular flexibility index (Phi) is 4.12. The van der Waals surface area contributed by atoms with Gasteiger partial charge in [0.15, 0.2) is 0 Å². The van der Waals surface area contributed by atoms with Crippen molar-refractivity contribution in [2.75, 3.05) is 0 Å². The summed E-state index contributed by atoms with van der Waals surface area (Å²) >= 11 is 5.78. The zero-order chi connectivity index (χ0) is 13.0. The molecule has 1 aromatic heterocycles. The van der Waals surface area contributed by atoms with Crippen molar-refractivity contribution in [3.63, 3.8) is 0 Å². The molecule has 1 aromatic carbocycles. The average Bonchev–Trinajstić information content (AvgIpc) is 2.36. The zero-order valence-electron chi connectivity index (χ0n) is 9.57. The van der Waals surface area contributed by atoms with E-state index in [4.69, 9.17) is 22.1 Å². The molecule has 2 aromatic rings. The van der Waals surface area contributed by atoms with Gasteiger partial charge in [-0.3, -0.25) is 4.98 Å². The molecular formula is C13H12ClFN2O. The second-order valence-corrected chi connectivity index (χ2v) is 4.24. The quantitative estimate of drug-likeness (QED) is 0.926. The number of hydrogen-bond acceptors (Lipinski definition) is 3. The van der Waals surface area contributed by atoms with Gasteiger partial charge in [-0.15, -0.1) is 0 Å². The Morgan fingerprint density at radius 1 is 1.17 bits per heavy atom. The molecule has 2 N–H and O–H groups in total. The zero-order valence-corrected chi connectivity index (χ0v) is 10.3. The summed E-state index contributed by atoms with van der Waals surface area (Å²) in [7, 11) is 0. The van der Waals surface area contributed by atoms with E-state index in [0.717, 1.165) is 11.1 Å². The third kappa shape index (κ3) is 3.42. The largest absolute Gasteiger partial charge is 0.487 e. The lowest BCUT2D eigenvalue weighted by Crippen LogP contribution is -2.01. The molecule has 0 radical (unpaired) electrons. The van der Waals surface area contributed by atoms with Crippen LogP contribution in [0.2, 0.25) is 5.02 Å². The van der Waals surface area contributed by atoms with Crippen molar-refractivity contribution in [3.8, 4) is 5.75 Å². The minimum atomic E-state index is -0.319. The Bertz CT molecular complexity index is 548. The molecule has 0 unspecified atom stereocenters. The van der Waals surface area contributed by atoms with Gasteiger partial charge in [0, 0.05) is 18.8 Å². The molecule has 5 heteroatoms. The number of rotatable bonds is 4. The van der Waals surface area contributed by atoms with Gasteiger partial charge in [-0.2, -0.15) is 0 Å². The normalized spacial score (nSPS) is 10.4. The Hall–Kier alpha value is -1.65. The first-order chi connectivity index (χ1) is 8.67. The Morgan fingerprint density at radius 3 is 2.67 bits per heavy atom. The highest BCUT2D eigenvalue weighted by molar-refractivity contribution is 6.30. The predicted octanol–water partition coefficient (Wildman–Crippen LogP) is 2.91. The summed E-state index contributed by atoms with van der Waals surface area (Å²) in [6.45, 7) is 0.538. The van der Waals surface area contributed by atoms with Crippen molar-refractivity contribution in [1.29, 1.82) is 0 Å². The average molecular weight is 267 g/mol. The monoisotopic (exact) mass is 266 g/mol. The summed E-state index contributed by atoms with van der Waals surface area (Å²) in [5.41, 5.74) is 6.93. The predicted molar refractivity (Wildman–Crippen MR) is 67.9 cm³/mol. The van der Waals surface area contributed by atoms with Gasteiger partial charge in [0.2, 0.25) is 0 Å².